The molecule has 1 rings (SSSR count). The Balaban J connectivity index is 2.37. The van der Waals surface area contributed by atoms with Gasteiger partial charge < -0.3 is 10.1 Å². The molecule has 1 amide bonds. The van der Waals surface area contributed by atoms with E-state index in [1.54, 1.807) is 0 Å². The Bertz CT molecular complexity index is 444. The Morgan fingerprint density at radius 3 is 2.63 bits per heavy atom. The number of hydrogen-bond donors (Lipinski definition) is 1. The number of nitrogens with one attached hydrogen (secondary N) is 1. The first kappa shape index (κ1) is 15.8. The summed E-state index contributed by atoms with van der Waals surface area (Å²) < 4.78 is 5.64. The topological polar surface area (TPSA) is 38.3 Å². The highest BCUT2D eigenvalue weighted by Gasteiger charge is 2.25. The third-order valence-electron chi connectivity index (χ3n) is 2.92. The average Bonchev–Trinajstić information content (AvgIpc) is 2.36. The minimum atomic E-state index is -0.540. The number of halogens is 1. The first-order valence-electron chi connectivity index (χ1n) is 6.41. The molecule has 4 heteroatoms. The first-order valence-corrected chi connectivity index (χ1v) is 6.94. The van der Waals surface area contributed by atoms with E-state index in [9.17, 15) is 4.79 Å². The normalized spacial score (nSPS) is 11.2. The number of carbonyl (C=O) groups is 1. The number of amides is 1. The summed E-state index contributed by atoms with van der Waals surface area (Å²) in [6.45, 7) is 8.63. The minimum Gasteiger partial charge on any atom is -0.491 e. The van der Waals surface area contributed by atoms with Crippen molar-refractivity contribution in [2.75, 3.05) is 19.0 Å². The van der Waals surface area contributed by atoms with E-state index in [-0.39, 0.29) is 5.91 Å². The zero-order valence-corrected chi connectivity index (χ0v) is 12.8. The van der Waals surface area contributed by atoms with Gasteiger partial charge in [-0.25, -0.2) is 0 Å². The molecule has 0 radical (unpaired) electrons. The van der Waals surface area contributed by atoms with Crippen LogP contribution in [0.15, 0.2) is 18.2 Å². The Hall–Kier alpha value is -1.22. The molecule has 0 saturated carbocycles. The molecule has 0 spiro atoms. The van der Waals surface area contributed by atoms with Gasteiger partial charge in [-0.2, -0.15) is 0 Å². The number of carbonyl (C=O) groups excluding carboxylic acids is 1. The summed E-state index contributed by atoms with van der Waals surface area (Å²) in [5, 5.41) is 2.83. The summed E-state index contributed by atoms with van der Waals surface area (Å²) in [7, 11) is 0. The second-order valence-corrected chi connectivity index (χ2v) is 5.66. The smallest absolute Gasteiger partial charge is 0.226 e. The summed E-state index contributed by atoms with van der Waals surface area (Å²) in [6.07, 6.45) is 0. The van der Waals surface area contributed by atoms with Crippen LogP contribution in [0.3, 0.4) is 0 Å². The number of aryl methyl sites for hydroxylation is 2. The molecule has 19 heavy (non-hydrogen) atoms. The van der Waals surface area contributed by atoms with Gasteiger partial charge in [-0.1, -0.05) is 17.7 Å². The molecule has 1 N–H and O–H groups in total. The highest BCUT2D eigenvalue weighted by atomic mass is 35.5. The molecule has 0 aliphatic rings. The van der Waals surface area contributed by atoms with Crippen molar-refractivity contribution in [2.45, 2.75) is 27.7 Å². The first-order chi connectivity index (χ1) is 8.86. The van der Waals surface area contributed by atoms with Crippen molar-refractivity contribution in [1.82, 2.24) is 5.32 Å². The quantitative estimate of drug-likeness (QED) is 0.644. The molecule has 1 aromatic carbocycles. The van der Waals surface area contributed by atoms with Crippen LogP contribution in [0.2, 0.25) is 0 Å². The van der Waals surface area contributed by atoms with Crippen molar-refractivity contribution in [2.24, 2.45) is 5.41 Å². The van der Waals surface area contributed by atoms with Crippen molar-refractivity contribution in [1.29, 1.82) is 0 Å². The van der Waals surface area contributed by atoms with E-state index >= 15 is 0 Å². The molecule has 0 aliphatic carbocycles. The van der Waals surface area contributed by atoms with Crippen LogP contribution in [-0.4, -0.2) is 24.9 Å². The monoisotopic (exact) mass is 283 g/mol. The van der Waals surface area contributed by atoms with Gasteiger partial charge in [-0.3, -0.25) is 4.79 Å². The predicted molar refractivity (Wildman–Crippen MR) is 78.9 cm³/mol. The number of alkyl halides is 1. The van der Waals surface area contributed by atoms with Gasteiger partial charge in [-0.15, -0.1) is 11.6 Å². The summed E-state index contributed by atoms with van der Waals surface area (Å²) in [5.41, 5.74) is 1.77. The highest BCUT2D eigenvalue weighted by Crippen LogP contribution is 2.19. The van der Waals surface area contributed by atoms with Gasteiger partial charge in [0.2, 0.25) is 5.91 Å². The van der Waals surface area contributed by atoms with Crippen LogP contribution in [-0.2, 0) is 4.79 Å². The van der Waals surface area contributed by atoms with E-state index in [1.165, 1.54) is 5.56 Å². The number of benzene rings is 1. The molecule has 0 bridgehead atoms. The SMILES string of the molecule is Cc1ccc(OCCNC(=O)C(C)(C)CCl)c(C)c1. The van der Waals surface area contributed by atoms with Gasteiger partial charge in [0, 0.05) is 5.88 Å². The molecule has 1 aromatic rings. The minimum absolute atomic E-state index is 0.0493. The molecule has 0 saturated heterocycles. The van der Waals surface area contributed by atoms with Crippen LogP contribution in [0, 0.1) is 19.3 Å². The van der Waals surface area contributed by atoms with Crippen molar-refractivity contribution in [3.63, 3.8) is 0 Å². The molecule has 0 unspecified atom stereocenters. The maximum atomic E-state index is 11.8. The van der Waals surface area contributed by atoms with E-state index in [0.717, 1.165) is 11.3 Å². The van der Waals surface area contributed by atoms with Gasteiger partial charge >= 0.3 is 0 Å². The lowest BCUT2D eigenvalue weighted by molar-refractivity contribution is -0.128. The lowest BCUT2D eigenvalue weighted by atomic mass is 9.95. The van der Waals surface area contributed by atoms with Gasteiger partial charge in [0.05, 0.1) is 12.0 Å². The fourth-order valence-electron chi connectivity index (χ4n) is 1.59. The predicted octanol–water partition coefficient (Wildman–Crippen LogP) is 3.06. The zero-order valence-electron chi connectivity index (χ0n) is 12.0. The fraction of sp³-hybridized carbons (Fsp3) is 0.533. The van der Waals surface area contributed by atoms with Crippen LogP contribution < -0.4 is 10.1 Å². The summed E-state index contributed by atoms with van der Waals surface area (Å²) in [6, 6.07) is 6.04. The van der Waals surface area contributed by atoms with Crippen LogP contribution in [0.5, 0.6) is 5.75 Å². The molecular formula is C15H22ClNO2. The summed E-state index contributed by atoms with van der Waals surface area (Å²) in [4.78, 5) is 11.8. The second kappa shape index (κ2) is 6.80. The highest BCUT2D eigenvalue weighted by molar-refractivity contribution is 6.19. The molecule has 106 valence electrons. The molecule has 0 fully saturated rings. The largest absolute Gasteiger partial charge is 0.491 e. The van der Waals surface area contributed by atoms with E-state index in [0.29, 0.717) is 19.0 Å². The molecule has 3 nitrogen and oxygen atoms in total. The Kier molecular flexibility index (Phi) is 5.67. The van der Waals surface area contributed by atoms with Gasteiger partial charge in [0.15, 0.2) is 0 Å². The lowest BCUT2D eigenvalue weighted by Crippen LogP contribution is -2.39. The maximum Gasteiger partial charge on any atom is 0.226 e. The van der Waals surface area contributed by atoms with Crippen molar-refractivity contribution < 1.29 is 9.53 Å². The number of rotatable bonds is 6. The summed E-state index contributed by atoms with van der Waals surface area (Å²) in [5.74, 6) is 1.11. The standard InChI is InChI=1S/C15H22ClNO2/c1-11-5-6-13(12(2)9-11)19-8-7-17-14(18)15(3,4)10-16/h5-6,9H,7-8,10H2,1-4H3,(H,17,18). The van der Waals surface area contributed by atoms with Crippen LogP contribution in [0.25, 0.3) is 0 Å². The van der Waals surface area contributed by atoms with E-state index in [4.69, 9.17) is 16.3 Å². The van der Waals surface area contributed by atoms with E-state index in [1.807, 2.05) is 39.8 Å². The molecule has 0 aromatic heterocycles. The van der Waals surface area contributed by atoms with Crippen molar-refractivity contribution >= 4 is 17.5 Å². The average molecular weight is 284 g/mol. The molecule has 0 heterocycles. The van der Waals surface area contributed by atoms with Crippen molar-refractivity contribution in [3.8, 4) is 5.75 Å². The van der Waals surface area contributed by atoms with Crippen molar-refractivity contribution in [3.05, 3.63) is 29.3 Å². The molecule has 0 aliphatic heterocycles. The maximum absolute atomic E-state index is 11.8. The molecule has 0 atom stereocenters. The zero-order chi connectivity index (χ0) is 14.5. The Morgan fingerprint density at radius 1 is 1.37 bits per heavy atom. The summed E-state index contributed by atoms with van der Waals surface area (Å²) >= 11 is 5.74. The second-order valence-electron chi connectivity index (χ2n) is 5.39. The third-order valence-corrected chi connectivity index (χ3v) is 3.59. The number of ether oxygens (including phenoxy) is 1. The van der Waals surface area contributed by atoms with Crippen LogP contribution in [0.4, 0.5) is 0 Å². The van der Waals surface area contributed by atoms with Gasteiger partial charge in [0.1, 0.15) is 12.4 Å². The lowest BCUT2D eigenvalue weighted by Gasteiger charge is -2.20. The molecular weight excluding hydrogens is 262 g/mol. The van der Waals surface area contributed by atoms with E-state index < -0.39 is 5.41 Å². The van der Waals surface area contributed by atoms with Crippen LogP contribution >= 0.6 is 11.6 Å². The Labute approximate surface area is 120 Å². The van der Waals surface area contributed by atoms with Crippen LogP contribution in [0.1, 0.15) is 25.0 Å². The van der Waals surface area contributed by atoms with Gasteiger partial charge in [-0.05, 0) is 39.3 Å². The fourth-order valence-corrected chi connectivity index (χ4v) is 1.71. The van der Waals surface area contributed by atoms with E-state index in [2.05, 4.69) is 11.4 Å². The third kappa shape index (κ3) is 4.75. The Morgan fingerprint density at radius 2 is 2.05 bits per heavy atom. The number of hydrogen-bond acceptors (Lipinski definition) is 2. The van der Waals surface area contributed by atoms with Gasteiger partial charge in [0.25, 0.3) is 0 Å².